The van der Waals surface area contributed by atoms with E-state index >= 15 is 0 Å². The molecule has 0 aliphatic carbocycles. The summed E-state index contributed by atoms with van der Waals surface area (Å²) in [6, 6.07) is 21.4. The Balaban J connectivity index is 1.44. The second kappa shape index (κ2) is 7.88. The van der Waals surface area contributed by atoms with Crippen LogP contribution in [0, 0.1) is 6.92 Å². The minimum Gasteiger partial charge on any atom is -0.366 e. The van der Waals surface area contributed by atoms with Crippen LogP contribution in [0.3, 0.4) is 0 Å². The molecule has 5 nitrogen and oxygen atoms in total. The Kier molecular flexibility index (Phi) is 4.97. The van der Waals surface area contributed by atoms with Crippen LogP contribution in [0.25, 0.3) is 10.9 Å². The van der Waals surface area contributed by atoms with Crippen molar-refractivity contribution in [3.05, 3.63) is 95.8 Å². The van der Waals surface area contributed by atoms with E-state index in [0.29, 0.717) is 17.8 Å². The first-order chi connectivity index (χ1) is 13.7. The molecule has 4 rings (SSSR count). The van der Waals surface area contributed by atoms with Gasteiger partial charge in [0, 0.05) is 24.3 Å². The smallest absolute Gasteiger partial charge is 0.257 e. The van der Waals surface area contributed by atoms with Crippen molar-refractivity contribution in [3.63, 3.8) is 0 Å². The topological polar surface area (TPSA) is 66.9 Å². The Hall–Kier alpha value is -3.73. The van der Waals surface area contributed by atoms with E-state index in [9.17, 15) is 4.79 Å². The molecule has 0 radical (unpaired) electrons. The fourth-order valence-electron chi connectivity index (χ4n) is 3.05. The monoisotopic (exact) mass is 368 g/mol. The molecule has 2 aromatic heterocycles. The lowest BCUT2D eigenvalue weighted by Gasteiger charge is -2.09. The van der Waals surface area contributed by atoms with Gasteiger partial charge in [-0.15, -0.1) is 0 Å². The van der Waals surface area contributed by atoms with Gasteiger partial charge in [0.1, 0.15) is 5.82 Å². The maximum absolute atomic E-state index is 12.6. The van der Waals surface area contributed by atoms with E-state index < -0.39 is 0 Å². The van der Waals surface area contributed by atoms with Crippen LogP contribution in [0.1, 0.15) is 21.5 Å². The normalized spacial score (nSPS) is 10.6. The molecule has 0 fully saturated rings. The molecule has 2 heterocycles. The van der Waals surface area contributed by atoms with Crippen LogP contribution in [0.15, 0.2) is 79.1 Å². The predicted octanol–water partition coefficient (Wildman–Crippen LogP) is 4.80. The van der Waals surface area contributed by atoms with E-state index in [1.165, 1.54) is 11.1 Å². The van der Waals surface area contributed by atoms with Crippen LogP contribution >= 0.6 is 0 Å². The molecule has 0 saturated carbocycles. The summed E-state index contributed by atoms with van der Waals surface area (Å²) in [5.41, 5.74) is 4.36. The van der Waals surface area contributed by atoms with Crippen LogP contribution < -0.4 is 10.6 Å². The number of hydrogen-bond donors (Lipinski definition) is 2. The minimum atomic E-state index is -0.212. The van der Waals surface area contributed by atoms with E-state index in [4.69, 9.17) is 0 Å². The lowest BCUT2D eigenvalue weighted by atomic mass is 10.1. The van der Waals surface area contributed by atoms with Crippen LogP contribution in [0.4, 0.5) is 11.5 Å². The summed E-state index contributed by atoms with van der Waals surface area (Å²) in [4.78, 5) is 21.3. The van der Waals surface area contributed by atoms with Gasteiger partial charge < -0.3 is 10.6 Å². The largest absolute Gasteiger partial charge is 0.366 e. The Morgan fingerprint density at radius 3 is 2.64 bits per heavy atom. The molecule has 0 aliphatic rings. The third-order valence-corrected chi connectivity index (χ3v) is 4.46. The summed E-state index contributed by atoms with van der Waals surface area (Å²) in [5.74, 6) is 0.515. The first kappa shape index (κ1) is 17.7. The number of benzene rings is 2. The van der Waals surface area contributed by atoms with Crippen molar-refractivity contribution in [2.45, 2.75) is 13.5 Å². The van der Waals surface area contributed by atoms with E-state index in [1.807, 2.05) is 42.5 Å². The number of hydrogen-bond acceptors (Lipinski definition) is 4. The van der Waals surface area contributed by atoms with Gasteiger partial charge in [-0.2, -0.15) is 0 Å². The molecule has 2 aromatic carbocycles. The van der Waals surface area contributed by atoms with Crippen molar-refractivity contribution in [2.24, 2.45) is 0 Å². The highest BCUT2D eigenvalue weighted by atomic mass is 16.1. The zero-order valence-corrected chi connectivity index (χ0v) is 15.5. The second-order valence-corrected chi connectivity index (χ2v) is 6.61. The molecule has 0 spiro atoms. The average molecular weight is 368 g/mol. The number of aryl methyl sites for hydroxylation is 1. The van der Waals surface area contributed by atoms with Gasteiger partial charge in [0.15, 0.2) is 0 Å². The number of nitrogens with zero attached hydrogens (tertiary/aromatic N) is 2. The van der Waals surface area contributed by atoms with E-state index in [2.05, 4.69) is 45.7 Å². The van der Waals surface area contributed by atoms with Crippen molar-refractivity contribution in [1.29, 1.82) is 0 Å². The molecule has 0 aliphatic heterocycles. The first-order valence-corrected chi connectivity index (χ1v) is 9.09. The molecule has 0 bridgehead atoms. The number of para-hydroxylation sites is 1. The average Bonchev–Trinajstić information content (AvgIpc) is 2.73. The third-order valence-electron chi connectivity index (χ3n) is 4.46. The summed E-state index contributed by atoms with van der Waals surface area (Å²) < 4.78 is 0. The molecule has 1 amide bonds. The van der Waals surface area contributed by atoms with E-state index in [1.54, 1.807) is 18.5 Å². The Labute approximate surface area is 163 Å². The highest BCUT2D eigenvalue weighted by Crippen LogP contribution is 2.21. The fourth-order valence-corrected chi connectivity index (χ4v) is 3.05. The molecular formula is C23H20N4O. The summed E-state index contributed by atoms with van der Waals surface area (Å²) in [5, 5.41) is 7.18. The molecule has 5 heteroatoms. The number of nitrogens with one attached hydrogen (secondary N) is 2. The molecule has 0 atom stereocenters. The number of rotatable bonds is 5. The maximum atomic E-state index is 12.6. The van der Waals surface area contributed by atoms with Gasteiger partial charge in [0.2, 0.25) is 0 Å². The molecule has 2 N–H and O–H groups in total. The van der Waals surface area contributed by atoms with Gasteiger partial charge in [0.05, 0.1) is 16.8 Å². The molecule has 138 valence electrons. The van der Waals surface area contributed by atoms with Crippen LogP contribution in [-0.4, -0.2) is 15.9 Å². The lowest BCUT2D eigenvalue weighted by molar-refractivity contribution is 0.102. The molecule has 0 unspecified atom stereocenters. The Morgan fingerprint density at radius 1 is 0.964 bits per heavy atom. The van der Waals surface area contributed by atoms with E-state index in [0.717, 1.165) is 16.7 Å². The highest BCUT2D eigenvalue weighted by molar-refractivity contribution is 6.08. The minimum absolute atomic E-state index is 0.212. The zero-order chi connectivity index (χ0) is 19.3. The quantitative estimate of drug-likeness (QED) is 0.531. The first-order valence-electron chi connectivity index (χ1n) is 9.09. The van der Waals surface area contributed by atoms with Crippen molar-refractivity contribution in [2.75, 3.05) is 10.6 Å². The number of carbonyl (C=O) groups excluding carboxylic acids is 1. The lowest BCUT2D eigenvalue weighted by Crippen LogP contribution is -2.13. The fraction of sp³-hybridized carbons (Fsp3) is 0.0870. The van der Waals surface area contributed by atoms with Gasteiger partial charge in [-0.1, -0.05) is 48.0 Å². The van der Waals surface area contributed by atoms with Gasteiger partial charge in [-0.25, -0.2) is 4.98 Å². The zero-order valence-electron chi connectivity index (χ0n) is 15.5. The highest BCUT2D eigenvalue weighted by Gasteiger charge is 2.09. The number of carbonyl (C=O) groups is 1. The second-order valence-electron chi connectivity index (χ2n) is 6.61. The van der Waals surface area contributed by atoms with Crippen molar-refractivity contribution in [1.82, 2.24) is 9.97 Å². The standard InChI is InChI=1S/C23H20N4O/c1-16-5-2-6-17(13-16)14-25-21-11-10-19(15-26-21)23(28)27-20-9-3-7-18-8-4-12-24-22(18)20/h2-13,15H,14H2,1H3,(H,25,26)(H,27,28). The molecule has 4 aromatic rings. The summed E-state index contributed by atoms with van der Waals surface area (Å²) >= 11 is 0. The van der Waals surface area contributed by atoms with Gasteiger partial charge in [-0.3, -0.25) is 9.78 Å². The van der Waals surface area contributed by atoms with Gasteiger partial charge in [-0.05, 0) is 36.8 Å². The maximum Gasteiger partial charge on any atom is 0.257 e. The summed E-state index contributed by atoms with van der Waals surface area (Å²) in [6.45, 7) is 2.75. The molecule has 0 saturated heterocycles. The Morgan fingerprint density at radius 2 is 1.82 bits per heavy atom. The van der Waals surface area contributed by atoms with Gasteiger partial charge in [0.25, 0.3) is 5.91 Å². The number of aromatic nitrogens is 2. The number of pyridine rings is 2. The summed E-state index contributed by atoms with van der Waals surface area (Å²) in [7, 11) is 0. The summed E-state index contributed by atoms with van der Waals surface area (Å²) in [6.07, 6.45) is 3.29. The van der Waals surface area contributed by atoms with Crippen LogP contribution in [-0.2, 0) is 6.54 Å². The number of anilines is 2. The van der Waals surface area contributed by atoms with Crippen molar-refractivity contribution < 1.29 is 4.79 Å². The van der Waals surface area contributed by atoms with Crippen LogP contribution in [0.5, 0.6) is 0 Å². The van der Waals surface area contributed by atoms with Gasteiger partial charge >= 0.3 is 0 Å². The Bertz CT molecular complexity index is 1120. The predicted molar refractivity (Wildman–Crippen MR) is 112 cm³/mol. The third kappa shape index (κ3) is 3.99. The SMILES string of the molecule is Cc1cccc(CNc2ccc(C(=O)Nc3cccc4cccnc34)cn2)c1. The molecule has 28 heavy (non-hydrogen) atoms. The van der Waals surface area contributed by atoms with Crippen molar-refractivity contribution in [3.8, 4) is 0 Å². The molecular weight excluding hydrogens is 348 g/mol. The number of amides is 1. The van der Waals surface area contributed by atoms with E-state index in [-0.39, 0.29) is 5.91 Å². The van der Waals surface area contributed by atoms with Crippen molar-refractivity contribution >= 4 is 28.3 Å². The number of fused-ring (bicyclic) bond motifs is 1. The van der Waals surface area contributed by atoms with Crippen LogP contribution in [0.2, 0.25) is 0 Å².